The molecule has 0 unspecified atom stereocenters. The van der Waals surface area contributed by atoms with E-state index in [1.807, 2.05) is 13.1 Å². The van der Waals surface area contributed by atoms with Crippen LogP contribution in [0, 0.1) is 6.92 Å². The number of nitrogens with zero attached hydrogens (tertiary/aromatic N) is 2. The summed E-state index contributed by atoms with van der Waals surface area (Å²) in [5.41, 5.74) is 5.85. The molecule has 0 radical (unpaired) electrons. The molecule has 2 aromatic carbocycles. The summed E-state index contributed by atoms with van der Waals surface area (Å²) in [4.78, 5) is 8.24. The largest absolute Gasteiger partial charge is 0.296 e. The van der Waals surface area contributed by atoms with Gasteiger partial charge in [0.25, 0.3) is 0 Å². The predicted octanol–water partition coefficient (Wildman–Crippen LogP) is 4.69. The van der Waals surface area contributed by atoms with Gasteiger partial charge >= 0.3 is 0 Å². The Bertz CT molecular complexity index is 660. The SMILES string of the molecule is CN=C/C(C)=C\N=Cc1ccc(-c2ccc(C)cc2)cc1. The number of aliphatic imine (C=N–C) groups is 2. The van der Waals surface area contributed by atoms with E-state index in [0.29, 0.717) is 0 Å². The maximum atomic E-state index is 4.30. The molecular formula is C19H20N2. The first-order valence-corrected chi connectivity index (χ1v) is 6.98. The Morgan fingerprint density at radius 1 is 0.905 bits per heavy atom. The number of hydrogen-bond acceptors (Lipinski definition) is 2. The van der Waals surface area contributed by atoms with E-state index < -0.39 is 0 Å². The minimum atomic E-state index is 1.03. The zero-order chi connectivity index (χ0) is 15.1. The Balaban J connectivity index is 2.10. The molecule has 0 atom stereocenters. The summed E-state index contributed by atoms with van der Waals surface area (Å²) in [5.74, 6) is 0. The minimum Gasteiger partial charge on any atom is -0.296 e. The van der Waals surface area contributed by atoms with E-state index in [9.17, 15) is 0 Å². The topological polar surface area (TPSA) is 24.7 Å². The molecular weight excluding hydrogens is 256 g/mol. The second-order valence-electron chi connectivity index (χ2n) is 5.03. The van der Waals surface area contributed by atoms with Crippen molar-refractivity contribution in [1.29, 1.82) is 0 Å². The highest BCUT2D eigenvalue weighted by Gasteiger charge is 1.96. The molecule has 0 amide bonds. The second-order valence-corrected chi connectivity index (χ2v) is 5.03. The van der Waals surface area contributed by atoms with Gasteiger partial charge in [-0.3, -0.25) is 9.98 Å². The van der Waals surface area contributed by atoms with E-state index in [1.165, 1.54) is 16.7 Å². The van der Waals surface area contributed by atoms with E-state index in [2.05, 4.69) is 65.4 Å². The average Bonchev–Trinajstić information content (AvgIpc) is 2.49. The van der Waals surface area contributed by atoms with Gasteiger partial charge in [-0.05, 0) is 36.1 Å². The van der Waals surface area contributed by atoms with Gasteiger partial charge in [0, 0.05) is 25.7 Å². The predicted molar refractivity (Wildman–Crippen MR) is 92.4 cm³/mol. The fourth-order valence-corrected chi connectivity index (χ4v) is 1.99. The van der Waals surface area contributed by atoms with Crippen LogP contribution in [0.1, 0.15) is 18.1 Å². The van der Waals surface area contributed by atoms with Gasteiger partial charge in [-0.2, -0.15) is 0 Å². The summed E-state index contributed by atoms with van der Waals surface area (Å²) in [6.45, 7) is 4.08. The summed E-state index contributed by atoms with van der Waals surface area (Å²) < 4.78 is 0. The molecule has 0 N–H and O–H groups in total. The molecule has 2 rings (SSSR count). The lowest BCUT2D eigenvalue weighted by Gasteiger charge is -2.02. The van der Waals surface area contributed by atoms with Gasteiger partial charge in [0.1, 0.15) is 0 Å². The van der Waals surface area contributed by atoms with Crippen LogP contribution in [0.2, 0.25) is 0 Å². The Labute approximate surface area is 126 Å². The van der Waals surface area contributed by atoms with Crippen molar-refractivity contribution < 1.29 is 0 Å². The van der Waals surface area contributed by atoms with Crippen molar-refractivity contribution in [2.75, 3.05) is 7.05 Å². The summed E-state index contributed by atoms with van der Waals surface area (Å²) in [5, 5.41) is 0. The fraction of sp³-hybridized carbons (Fsp3) is 0.158. The number of hydrogen-bond donors (Lipinski definition) is 0. The molecule has 0 aliphatic rings. The molecule has 2 aromatic rings. The Hall–Kier alpha value is -2.48. The molecule has 2 heteroatoms. The fourth-order valence-electron chi connectivity index (χ4n) is 1.99. The quantitative estimate of drug-likeness (QED) is 0.724. The van der Waals surface area contributed by atoms with Crippen LogP contribution in [0.25, 0.3) is 11.1 Å². The molecule has 0 saturated carbocycles. The van der Waals surface area contributed by atoms with Crippen LogP contribution in [0.5, 0.6) is 0 Å². The highest BCUT2D eigenvalue weighted by molar-refractivity contribution is 5.83. The molecule has 0 saturated heterocycles. The summed E-state index contributed by atoms with van der Waals surface area (Å²) in [6, 6.07) is 17.0. The number of allylic oxidation sites excluding steroid dienone is 1. The van der Waals surface area contributed by atoms with Crippen LogP contribution in [-0.2, 0) is 0 Å². The van der Waals surface area contributed by atoms with Crippen molar-refractivity contribution >= 4 is 12.4 Å². The second kappa shape index (κ2) is 7.34. The van der Waals surface area contributed by atoms with Gasteiger partial charge in [0.2, 0.25) is 0 Å². The third-order valence-corrected chi connectivity index (χ3v) is 3.13. The standard InChI is InChI=1S/C19H20N2/c1-15-4-8-18(9-5-15)19-10-6-17(7-11-19)14-21-13-16(2)12-20-3/h4-14H,1-3H3/b16-13-,20-12?,21-14?. The maximum absolute atomic E-state index is 4.30. The first-order chi connectivity index (χ1) is 10.2. The molecule has 0 fully saturated rings. The number of benzene rings is 2. The van der Waals surface area contributed by atoms with Crippen molar-refractivity contribution in [3.63, 3.8) is 0 Å². The van der Waals surface area contributed by atoms with Crippen molar-refractivity contribution in [3.05, 3.63) is 71.4 Å². The molecule has 106 valence electrons. The highest BCUT2D eigenvalue weighted by atomic mass is 14.7. The normalized spacial score (nSPS) is 12.4. The Morgan fingerprint density at radius 3 is 2.05 bits per heavy atom. The minimum absolute atomic E-state index is 1.03. The summed E-state index contributed by atoms with van der Waals surface area (Å²) in [7, 11) is 1.75. The Morgan fingerprint density at radius 2 is 1.48 bits per heavy atom. The lowest BCUT2D eigenvalue weighted by molar-refractivity contribution is 1.42. The van der Waals surface area contributed by atoms with Gasteiger partial charge in [0.15, 0.2) is 0 Å². The van der Waals surface area contributed by atoms with Crippen molar-refractivity contribution in [2.24, 2.45) is 9.98 Å². The maximum Gasteiger partial charge on any atom is 0.0340 e. The monoisotopic (exact) mass is 276 g/mol. The molecule has 0 aromatic heterocycles. The smallest absolute Gasteiger partial charge is 0.0340 e. The molecule has 0 heterocycles. The number of rotatable bonds is 4. The highest BCUT2D eigenvalue weighted by Crippen LogP contribution is 2.19. The van der Waals surface area contributed by atoms with Gasteiger partial charge in [-0.25, -0.2) is 0 Å². The average molecular weight is 276 g/mol. The van der Waals surface area contributed by atoms with Crippen molar-refractivity contribution in [1.82, 2.24) is 0 Å². The van der Waals surface area contributed by atoms with Gasteiger partial charge < -0.3 is 0 Å². The van der Waals surface area contributed by atoms with Crippen LogP contribution >= 0.6 is 0 Å². The first kappa shape index (κ1) is 14.9. The van der Waals surface area contributed by atoms with E-state index in [0.717, 1.165) is 11.1 Å². The third kappa shape index (κ3) is 4.53. The Kier molecular flexibility index (Phi) is 5.22. The van der Waals surface area contributed by atoms with Gasteiger partial charge in [0.05, 0.1) is 0 Å². The first-order valence-electron chi connectivity index (χ1n) is 6.98. The van der Waals surface area contributed by atoms with E-state index in [1.54, 1.807) is 19.5 Å². The number of aryl methyl sites for hydroxylation is 1. The van der Waals surface area contributed by atoms with Crippen molar-refractivity contribution in [2.45, 2.75) is 13.8 Å². The summed E-state index contributed by atoms with van der Waals surface area (Å²) >= 11 is 0. The summed E-state index contributed by atoms with van der Waals surface area (Å²) in [6.07, 6.45) is 5.45. The van der Waals surface area contributed by atoms with E-state index >= 15 is 0 Å². The lowest BCUT2D eigenvalue weighted by Crippen LogP contribution is -1.83. The van der Waals surface area contributed by atoms with Crippen molar-refractivity contribution in [3.8, 4) is 11.1 Å². The third-order valence-electron chi connectivity index (χ3n) is 3.13. The molecule has 2 nitrogen and oxygen atoms in total. The van der Waals surface area contributed by atoms with E-state index in [4.69, 9.17) is 0 Å². The lowest BCUT2D eigenvalue weighted by atomic mass is 10.0. The van der Waals surface area contributed by atoms with Crippen LogP contribution < -0.4 is 0 Å². The zero-order valence-electron chi connectivity index (χ0n) is 12.7. The van der Waals surface area contributed by atoms with Crippen LogP contribution in [0.4, 0.5) is 0 Å². The zero-order valence-corrected chi connectivity index (χ0v) is 12.7. The molecule has 0 spiro atoms. The van der Waals surface area contributed by atoms with Gasteiger partial charge in [-0.1, -0.05) is 54.1 Å². The molecule has 0 aliphatic carbocycles. The van der Waals surface area contributed by atoms with Gasteiger partial charge in [-0.15, -0.1) is 0 Å². The van der Waals surface area contributed by atoms with Crippen LogP contribution in [-0.4, -0.2) is 19.5 Å². The van der Waals surface area contributed by atoms with Crippen LogP contribution in [0.3, 0.4) is 0 Å². The molecule has 0 aliphatic heterocycles. The van der Waals surface area contributed by atoms with E-state index in [-0.39, 0.29) is 0 Å². The molecule has 21 heavy (non-hydrogen) atoms. The molecule has 0 bridgehead atoms. The van der Waals surface area contributed by atoms with Crippen LogP contribution in [0.15, 0.2) is 70.3 Å².